The Kier molecular flexibility index (Phi) is 6.03. The molecule has 2 fully saturated rings. The number of morpholine rings is 1. The number of rotatable bonds is 3. The molecule has 2 aliphatic rings. The van der Waals surface area contributed by atoms with Crippen molar-refractivity contribution in [2.45, 2.75) is 20.8 Å². The average Bonchev–Trinajstić information content (AvgIpc) is 2.76. The number of benzene rings is 1. The van der Waals surface area contributed by atoms with E-state index >= 15 is 0 Å². The summed E-state index contributed by atoms with van der Waals surface area (Å²) in [5.74, 6) is 1.70. The third kappa shape index (κ3) is 4.64. The molecule has 2 saturated heterocycles. The van der Waals surface area contributed by atoms with Crippen LogP contribution in [0.2, 0.25) is 0 Å². The molecule has 8 heteroatoms. The van der Waals surface area contributed by atoms with Gasteiger partial charge in [-0.1, -0.05) is 12.1 Å². The van der Waals surface area contributed by atoms with Crippen LogP contribution in [0.25, 0.3) is 0 Å². The number of anilines is 3. The largest absolute Gasteiger partial charge is 0.378 e. The number of ether oxygens (including phenoxy) is 1. The van der Waals surface area contributed by atoms with Crippen LogP contribution in [-0.2, 0) is 4.74 Å². The third-order valence-electron chi connectivity index (χ3n) is 5.65. The first-order valence-corrected chi connectivity index (χ1v) is 10.6. The molecular formula is C22H30N6O2. The Morgan fingerprint density at radius 3 is 2.40 bits per heavy atom. The highest BCUT2D eigenvalue weighted by Crippen LogP contribution is 2.21. The fourth-order valence-electron chi connectivity index (χ4n) is 3.81. The van der Waals surface area contributed by atoms with Crippen LogP contribution in [-0.4, -0.2) is 73.4 Å². The Labute approximate surface area is 177 Å². The number of hydrogen-bond donors (Lipinski definition) is 1. The van der Waals surface area contributed by atoms with Crippen LogP contribution >= 0.6 is 0 Å². The van der Waals surface area contributed by atoms with E-state index in [1.807, 2.05) is 43.9 Å². The molecule has 30 heavy (non-hydrogen) atoms. The van der Waals surface area contributed by atoms with Crippen molar-refractivity contribution in [3.05, 3.63) is 41.1 Å². The Morgan fingerprint density at radius 1 is 0.933 bits per heavy atom. The molecule has 160 valence electrons. The number of aryl methyl sites for hydroxylation is 3. The summed E-state index contributed by atoms with van der Waals surface area (Å²) < 4.78 is 5.45. The summed E-state index contributed by atoms with van der Waals surface area (Å²) in [7, 11) is 0. The third-order valence-corrected chi connectivity index (χ3v) is 5.65. The number of carbonyl (C=O) groups is 1. The van der Waals surface area contributed by atoms with Crippen molar-refractivity contribution >= 4 is 23.5 Å². The van der Waals surface area contributed by atoms with Crippen LogP contribution in [0.15, 0.2) is 24.3 Å². The molecule has 2 amide bonds. The summed E-state index contributed by atoms with van der Waals surface area (Å²) in [5.41, 5.74) is 4.03. The van der Waals surface area contributed by atoms with Gasteiger partial charge in [0.15, 0.2) is 0 Å². The summed E-state index contributed by atoms with van der Waals surface area (Å²) in [6, 6.07) is 8.07. The van der Waals surface area contributed by atoms with Crippen LogP contribution in [0.4, 0.5) is 22.2 Å². The number of carbonyl (C=O) groups excluding carboxylic acids is 1. The number of hydrogen-bond acceptors (Lipinski definition) is 6. The van der Waals surface area contributed by atoms with Gasteiger partial charge in [0.2, 0.25) is 5.95 Å². The molecule has 2 aromatic rings. The van der Waals surface area contributed by atoms with E-state index in [4.69, 9.17) is 9.72 Å². The predicted octanol–water partition coefficient (Wildman–Crippen LogP) is 2.59. The van der Waals surface area contributed by atoms with Gasteiger partial charge in [-0.15, -0.1) is 0 Å². The van der Waals surface area contributed by atoms with E-state index in [0.717, 1.165) is 60.6 Å². The zero-order valence-electron chi connectivity index (χ0n) is 18.0. The van der Waals surface area contributed by atoms with E-state index < -0.39 is 0 Å². The van der Waals surface area contributed by atoms with E-state index in [0.29, 0.717) is 26.2 Å². The molecule has 1 N–H and O–H groups in total. The second-order valence-corrected chi connectivity index (χ2v) is 7.99. The minimum Gasteiger partial charge on any atom is -0.378 e. The van der Waals surface area contributed by atoms with Crippen LogP contribution in [0.5, 0.6) is 0 Å². The van der Waals surface area contributed by atoms with Gasteiger partial charge in [0.1, 0.15) is 5.82 Å². The molecule has 1 aromatic heterocycles. The van der Waals surface area contributed by atoms with E-state index in [1.165, 1.54) is 0 Å². The normalized spacial score (nSPS) is 17.2. The smallest absolute Gasteiger partial charge is 0.321 e. The Bertz CT molecular complexity index is 904. The molecule has 0 radical (unpaired) electrons. The summed E-state index contributed by atoms with van der Waals surface area (Å²) in [6.07, 6.45) is 0. The van der Waals surface area contributed by atoms with Gasteiger partial charge in [-0.2, -0.15) is 4.98 Å². The van der Waals surface area contributed by atoms with Gasteiger partial charge in [-0.3, -0.25) is 0 Å². The summed E-state index contributed by atoms with van der Waals surface area (Å²) in [4.78, 5) is 28.5. The molecule has 0 atom stereocenters. The second-order valence-electron chi connectivity index (χ2n) is 7.99. The minimum atomic E-state index is -0.0532. The highest BCUT2D eigenvalue weighted by atomic mass is 16.5. The number of amides is 2. The Hall–Kier alpha value is -2.87. The lowest BCUT2D eigenvalue weighted by atomic mass is 10.1. The zero-order chi connectivity index (χ0) is 21.1. The van der Waals surface area contributed by atoms with E-state index in [2.05, 4.69) is 26.2 Å². The minimum absolute atomic E-state index is 0.0532. The van der Waals surface area contributed by atoms with Crippen molar-refractivity contribution in [2.75, 3.05) is 67.6 Å². The van der Waals surface area contributed by atoms with Crippen LogP contribution in [0.1, 0.15) is 16.8 Å². The van der Waals surface area contributed by atoms with Crippen LogP contribution in [0, 0.1) is 20.8 Å². The summed E-state index contributed by atoms with van der Waals surface area (Å²) >= 11 is 0. The van der Waals surface area contributed by atoms with Crippen molar-refractivity contribution in [2.24, 2.45) is 0 Å². The first-order valence-electron chi connectivity index (χ1n) is 10.6. The molecule has 0 bridgehead atoms. The Balaban J connectivity index is 1.39. The second kappa shape index (κ2) is 8.87. The summed E-state index contributed by atoms with van der Waals surface area (Å²) in [6.45, 7) is 11.9. The number of nitrogens with zero attached hydrogens (tertiary/aromatic N) is 5. The van der Waals surface area contributed by atoms with Crippen molar-refractivity contribution < 1.29 is 9.53 Å². The lowest BCUT2D eigenvalue weighted by Gasteiger charge is -2.35. The highest BCUT2D eigenvalue weighted by Gasteiger charge is 2.24. The maximum atomic E-state index is 12.7. The van der Waals surface area contributed by atoms with Gasteiger partial charge in [0, 0.05) is 56.7 Å². The van der Waals surface area contributed by atoms with Gasteiger partial charge in [0.05, 0.1) is 13.2 Å². The van der Waals surface area contributed by atoms with Crippen molar-refractivity contribution in [3.8, 4) is 0 Å². The van der Waals surface area contributed by atoms with Gasteiger partial charge >= 0.3 is 6.03 Å². The molecule has 4 rings (SSSR count). The van der Waals surface area contributed by atoms with Gasteiger partial charge in [0.25, 0.3) is 0 Å². The number of piperazine rings is 1. The lowest BCUT2D eigenvalue weighted by Crippen LogP contribution is -2.50. The molecule has 1 aromatic carbocycles. The fourth-order valence-corrected chi connectivity index (χ4v) is 3.81. The van der Waals surface area contributed by atoms with Gasteiger partial charge in [-0.05, 0) is 38.0 Å². The van der Waals surface area contributed by atoms with E-state index in [1.54, 1.807) is 0 Å². The number of aromatic nitrogens is 2. The van der Waals surface area contributed by atoms with E-state index in [9.17, 15) is 4.79 Å². The first kappa shape index (κ1) is 20.4. The molecule has 8 nitrogen and oxygen atoms in total. The standard InChI is InChI=1S/C22H30N6O2/c1-16-4-5-17(2)19(14-16)24-22(29)28-8-6-27(7-9-28)21-23-18(3)15-20(25-21)26-10-12-30-13-11-26/h4-5,14-15H,6-13H2,1-3H3,(H,24,29). The molecule has 0 unspecified atom stereocenters. The lowest BCUT2D eigenvalue weighted by molar-refractivity contribution is 0.122. The topological polar surface area (TPSA) is 73.8 Å². The van der Waals surface area contributed by atoms with Gasteiger partial charge < -0.3 is 24.8 Å². The maximum Gasteiger partial charge on any atom is 0.321 e. The number of urea groups is 1. The monoisotopic (exact) mass is 410 g/mol. The molecule has 0 spiro atoms. The van der Waals surface area contributed by atoms with Crippen molar-refractivity contribution in [1.29, 1.82) is 0 Å². The Morgan fingerprint density at radius 2 is 1.67 bits per heavy atom. The molecule has 2 aliphatic heterocycles. The first-order chi connectivity index (χ1) is 14.5. The zero-order valence-corrected chi connectivity index (χ0v) is 18.0. The van der Waals surface area contributed by atoms with Gasteiger partial charge in [-0.25, -0.2) is 9.78 Å². The SMILES string of the molecule is Cc1ccc(C)c(NC(=O)N2CCN(c3nc(C)cc(N4CCOCC4)n3)CC2)c1. The summed E-state index contributed by atoms with van der Waals surface area (Å²) in [5, 5.41) is 3.06. The van der Waals surface area contributed by atoms with Crippen molar-refractivity contribution in [3.63, 3.8) is 0 Å². The quantitative estimate of drug-likeness (QED) is 0.839. The predicted molar refractivity (Wildman–Crippen MR) is 119 cm³/mol. The average molecular weight is 411 g/mol. The fraction of sp³-hybridized carbons (Fsp3) is 0.500. The highest BCUT2D eigenvalue weighted by molar-refractivity contribution is 5.90. The van der Waals surface area contributed by atoms with E-state index in [-0.39, 0.29) is 6.03 Å². The molecule has 3 heterocycles. The maximum absolute atomic E-state index is 12.7. The molecule has 0 saturated carbocycles. The van der Waals surface area contributed by atoms with Crippen molar-refractivity contribution in [1.82, 2.24) is 14.9 Å². The van der Waals surface area contributed by atoms with Crippen LogP contribution in [0.3, 0.4) is 0 Å². The number of nitrogens with one attached hydrogen (secondary N) is 1. The van der Waals surface area contributed by atoms with Crippen LogP contribution < -0.4 is 15.1 Å². The molecule has 0 aliphatic carbocycles. The molecular weight excluding hydrogens is 380 g/mol.